The maximum absolute atomic E-state index is 10.2. The number of nitrogens with two attached hydrogens (primary N) is 1. The number of aromatic nitrogens is 3. The lowest BCUT2D eigenvalue weighted by Gasteiger charge is -2.27. The van der Waals surface area contributed by atoms with Gasteiger partial charge in [-0.2, -0.15) is 0 Å². The molecule has 0 radical (unpaired) electrons. The van der Waals surface area contributed by atoms with Crippen molar-refractivity contribution in [1.82, 2.24) is 14.8 Å². The van der Waals surface area contributed by atoms with Gasteiger partial charge in [0.15, 0.2) is 5.16 Å². The molecular weight excluding hydrogens is 236 g/mol. The normalized spacial score (nSPS) is 15.5. The fourth-order valence-electron chi connectivity index (χ4n) is 1.25. The van der Waals surface area contributed by atoms with Gasteiger partial charge in [-0.25, -0.2) is 0 Å². The molecule has 3 N–H and O–H groups in total. The first-order chi connectivity index (χ1) is 7.75. The highest BCUT2D eigenvalue weighted by atomic mass is 32.2. The molecule has 0 aliphatic rings. The Kier molecular flexibility index (Phi) is 4.43. The standard InChI is InChI=1S/C11H22N4OS/c1-7(2)11(5,16)6-17-10-14-13-9(12)15(10)8(3)4/h7-8,16H,6H2,1-5H3,(H2,12,13). The van der Waals surface area contributed by atoms with Crippen molar-refractivity contribution in [3.8, 4) is 0 Å². The highest BCUT2D eigenvalue weighted by Crippen LogP contribution is 2.28. The monoisotopic (exact) mass is 258 g/mol. The Morgan fingerprint density at radius 3 is 2.41 bits per heavy atom. The summed E-state index contributed by atoms with van der Waals surface area (Å²) in [6, 6.07) is 0.219. The van der Waals surface area contributed by atoms with Crippen LogP contribution in [-0.2, 0) is 0 Å². The van der Waals surface area contributed by atoms with Gasteiger partial charge in [0, 0.05) is 11.8 Å². The fourth-order valence-corrected chi connectivity index (χ4v) is 2.55. The van der Waals surface area contributed by atoms with E-state index in [0.717, 1.165) is 5.16 Å². The number of hydrogen-bond acceptors (Lipinski definition) is 5. The Morgan fingerprint density at radius 1 is 1.35 bits per heavy atom. The Labute approximate surface area is 107 Å². The van der Waals surface area contributed by atoms with Crippen molar-refractivity contribution in [1.29, 1.82) is 0 Å². The second kappa shape index (κ2) is 5.27. The number of aliphatic hydroxyl groups is 1. The molecule has 6 heteroatoms. The van der Waals surface area contributed by atoms with Gasteiger partial charge in [-0.05, 0) is 26.7 Å². The van der Waals surface area contributed by atoms with Crippen molar-refractivity contribution in [3.05, 3.63) is 0 Å². The summed E-state index contributed by atoms with van der Waals surface area (Å²) in [7, 11) is 0. The molecule has 0 fully saturated rings. The van der Waals surface area contributed by atoms with Gasteiger partial charge >= 0.3 is 0 Å². The molecule has 0 bridgehead atoms. The third kappa shape index (κ3) is 3.35. The van der Waals surface area contributed by atoms with E-state index in [1.54, 1.807) is 0 Å². The molecule has 0 saturated carbocycles. The zero-order valence-electron chi connectivity index (χ0n) is 11.1. The largest absolute Gasteiger partial charge is 0.389 e. The van der Waals surface area contributed by atoms with Crippen LogP contribution in [0.25, 0.3) is 0 Å². The molecule has 1 heterocycles. The van der Waals surface area contributed by atoms with E-state index >= 15 is 0 Å². The van der Waals surface area contributed by atoms with Gasteiger partial charge in [0.2, 0.25) is 5.95 Å². The zero-order valence-corrected chi connectivity index (χ0v) is 12.0. The van der Waals surface area contributed by atoms with E-state index in [4.69, 9.17) is 5.73 Å². The average Bonchev–Trinajstić information content (AvgIpc) is 2.56. The van der Waals surface area contributed by atoms with Crippen molar-refractivity contribution in [2.75, 3.05) is 11.5 Å². The molecule has 0 aromatic carbocycles. The van der Waals surface area contributed by atoms with E-state index in [9.17, 15) is 5.11 Å². The van der Waals surface area contributed by atoms with Crippen LogP contribution in [0.5, 0.6) is 0 Å². The van der Waals surface area contributed by atoms with Crippen molar-refractivity contribution in [2.45, 2.75) is 51.4 Å². The van der Waals surface area contributed by atoms with Crippen LogP contribution in [0.15, 0.2) is 5.16 Å². The Balaban J connectivity index is 2.77. The summed E-state index contributed by atoms with van der Waals surface area (Å²) in [6.07, 6.45) is 0. The molecule has 1 unspecified atom stereocenters. The summed E-state index contributed by atoms with van der Waals surface area (Å²) in [5, 5.41) is 18.9. The van der Waals surface area contributed by atoms with Crippen LogP contribution in [0.3, 0.4) is 0 Å². The number of hydrogen-bond donors (Lipinski definition) is 2. The molecular formula is C11H22N4OS. The van der Waals surface area contributed by atoms with E-state index in [0.29, 0.717) is 11.7 Å². The third-order valence-corrected chi connectivity index (χ3v) is 4.21. The van der Waals surface area contributed by atoms with Crippen LogP contribution in [0.1, 0.15) is 40.7 Å². The first-order valence-electron chi connectivity index (χ1n) is 5.81. The van der Waals surface area contributed by atoms with Crippen LogP contribution in [-0.4, -0.2) is 31.2 Å². The van der Waals surface area contributed by atoms with Gasteiger partial charge in [-0.3, -0.25) is 4.57 Å². The van der Waals surface area contributed by atoms with Gasteiger partial charge in [-0.1, -0.05) is 25.6 Å². The van der Waals surface area contributed by atoms with E-state index in [2.05, 4.69) is 10.2 Å². The second-order valence-electron chi connectivity index (χ2n) is 5.11. The fraction of sp³-hybridized carbons (Fsp3) is 0.818. The first-order valence-corrected chi connectivity index (χ1v) is 6.79. The Morgan fingerprint density at radius 2 is 1.94 bits per heavy atom. The van der Waals surface area contributed by atoms with Crippen LogP contribution >= 0.6 is 11.8 Å². The van der Waals surface area contributed by atoms with Gasteiger partial charge < -0.3 is 10.8 Å². The van der Waals surface area contributed by atoms with Gasteiger partial charge in [0.05, 0.1) is 5.60 Å². The topological polar surface area (TPSA) is 77.0 Å². The molecule has 17 heavy (non-hydrogen) atoms. The van der Waals surface area contributed by atoms with Crippen LogP contribution in [0.4, 0.5) is 5.95 Å². The molecule has 1 rings (SSSR count). The Hall–Kier alpha value is -0.750. The lowest BCUT2D eigenvalue weighted by atomic mass is 9.95. The maximum Gasteiger partial charge on any atom is 0.222 e. The Bertz CT molecular complexity index is 374. The highest BCUT2D eigenvalue weighted by Gasteiger charge is 2.26. The quantitative estimate of drug-likeness (QED) is 0.789. The summed E-state index contributed by atoms with van der Waals surface area (Å²) < 4.78 is 1.88. The third-order valence-electron chi connectivity index (χ3n) is 2.94. The smallest absolute Gasteiger partial charge is 0.222 e. The molecule has 0 aliphatic heterocycles. The van der Waals surface area contributed by atoms with Crippen LogP contribution < -0.4 is 5.73 Å². The average molecular weight is 258 g/mol. The molecule has 1 atom stereocenters. The minimum Gasteiger partial charge on any atom is -0.389 e. The highest BCUT2D eigenvalue weighted by molar-refractivity contribution is 7.99. The van der Waals surface area contributed by atoms with E-state index in [1.165, 1.54) is 11.8 Å². The number of rotatable bonds is 5. The number of nitrogens with zero attached hydrogens (tertiary/aromatic N) is 3. The summed E-state index contributed by atoms with van der Waals surface area (Å²) >= 11 is 1.49. The van der Waals surface area contributed by atoms with Crippen molar-refractivity contribution >= 4 is 17.7 Å². The minimum absolute atomic E-state index is 0.197. The minimum atomic E-state index is -0.715. The summed E-state index contributed by atoms with van der Waals surface area (Å²) in [5.41, 5.74) is 5.04. The molecule has 0 spiro atoms. The number of anilines is 1. The van der Waals surface area contributed by atoms with E-state index < -0.39 is 5.60 Å². The zero-order chi connectivity index (χ0) is 13.2. The van der Waals surface area contributed by atoms with E-state index in [1.807, 2.05) is 39.2 Å². The molecule has 5 nitrogen and oxygen atoms in total. The predicted octanol–water partition coefficient (Wildman–Crippen LogP) is 1.94. The van der Waals surface area contributed by atoms with E-state index in [-0.39, 0.29) is 12.0 Å². The molecule has 0 aliphatic carbocycles. The predicted molar refractivity (Wildman–Crippen MR) is 71.0 cm³/mol. The summed E-state index contributed by atoms with van der Waals surface area (Å²) in [6.45, 7) is 9.91. The van der Waals surface area contributed by atoms with Gasteiger partial charge in [0.25, 0.3) is 0 Å². The SMILES string of the molecule is CC(C)n1c(N)nnc1SCC(C)(O)C(C)C. The number of thioether (sulfide) groups is 1. The second-order valence-corrected chi connectivity index (χ2v) is 6.05. The molecule has 1 aromatic heterocycles. The van der Waals surface area contributed by atoms with Crippen LogP contribution in [0, 0.1) is 5.92 Å². The first kappa shape index (κ1) is 14.3. The van der Waals surface area contributed by atoms with Gasteiger partial charge in [-0.15, -0.1) is 10.2 Å². The lowest BCUT2D eigenvalue weighted by Crippen LogP contribution is -2.33. The molecule has 1 aromatic rings. The summed E-state index contributed by atoms with van der Waals surface area (Å²) in [4.78, 5) is 0. The summed E-state index contributed by atoms with van der Waals surface area (Å²) in [5.74, 6) is 1.20. The van der Waals surface area contributed by atoms with Crippen molar-refractivity contribution in [3.63, 3.8) is 0 Å². The van der Waals surface area contributed by atoms with Crippen LogP contribution in [0.2, 0.25) is 0 Å². The number of nitrogen functional groups attached to an aromatic ring is 1. The maximum atomic E-state index is 10.2. The molecule has 0 saturated heterocycles. The van der Waals surface area contributed by atoms with Gasteiger partial charge in [0.1, 0.15) is 0 Å². The lowest BCUT2D eigenvalue weighted by molar-refractivity contribution is 0.0375. The van der Waals surface area contributed by atoms with Crippen molar-refractivity contribution < 1.29 is 5.11 Å². The molecule has 98 valence electrons. The molecule has 0 amide bonds. The van der Waals surface area contributed by atoms with Crippen molar-refractivity contribution in [2.24, 2.45) is 5.92 Å².